The molecule has 0 aromatic heterocycles. The molecule has 0 saturated heterocycles. The minimum absolute atomic E-state index is 0.132. The van der Waals surface area contributed by atoms with Gasteiger partial charge in [-0.05, 0) is 12.0 Å². The maximum absolute atomic E-state index is 10.4. The molecule has 0 amide bonds. The number of nitrogens with two attached hydrogens (primary N) is 1. The highest BCUT2D eigenvalue weighted by molar-refractivity contribution is 5.22. The van der Waals surface area contributed by atoms with E-state index in [4.69, 9.17) is 15.2 Å². The molecule has 1 aromatic carbocycles. The smallest absolute Gasteiger partial charge is 0.125 e. The van der Waals surface area contributed by atoms with Gasteiger partial charge in [0.15, 0.2) is 0 Å². The third-order valence-electron chi connectivity index (χ3n) is 2.71. The minimum Gasteiger partial charge on any atom is -0.381 e. The average Bonchev–Trinajstić information content (AvgIpc) is 2.43. The Morgan fingerprint density at radius 2 is 1.78 bits per heavy atom. The zero-order valence-corrected chi connectivity index (χ0v) is 11.0. The number of aliphatic hydroxyl groups is 1. The fourth-order valence-electron chi connectivity index (χ4n) is 1.61. The number of rotatable bonds is 9. The second-order valence-electron chi connectivity index (χ2n) is 4.27. The highest BCUT2D eigenvalue weighted by atomic mass is 16.5. The molecule has 0 radical (unpaired) electrons. The Bertz CT molecular complexity index is 318. The zero-order valence-electron chi connectivity index (χ0n) is 11.0. The molecule has 4 heteroatoms. The van der Waals surface area contributed by atoms with E-state index in [1.54, 1.807) is 0 Å². The lowest BCUT2D eigenvalue weighted by Crippen LogP contribution is -2.39. The van der Waals surface area contributed by atoms with Crippen LogP contribution in [0.5, 0.6) is 0 Å². The van der Waals surface area contributed by atoms with Crippen LogP contribution in [0.2, 0.25) is 0 Å². The molecule has 0 heterocycles. The molecule has 1 aromatic rings. The van der Waals surface area contributed by atoms with Crippen molar-refractivity contribution in [2.45, 2.75) is 18.9 Å². The Balaban J connectivity index is 2.37. The Kier molecular flexibility index (Phi) is 6.90. The lowest BCUT2D eigenvalue weighted by molar-refractivity contribution is -0.0569. The van der Waals surface area contributed by atoms with Gasteiger partial charge in [0.1, 0.15) is 5.60 Å². The first-order valence-corrected chi connectivity index (χ1v) is 6.36. The highest BCUT2D eigenvalue weighted by Crippen LogP contribution is 2.19. The van der Waals surface area contributed by atoms with Crippen molar-refractivity contribution >= 4 is 0 Å². The second kappa shape index (κ2) is 8.21. The largest absolute Gasteiger partial charge is 0.381 e. The topological polar surface area (TPSA) is 64.7 Å². The van der Waals surface area contributed by atoms with Crippen molar-refractivity contribution in [1.82, 2.24) is 0 Å². The molecule has 0 aliphatic carbocycles. The summed E-state index contributed by atoms with van der Waals surface area (Å²) in [6.45, 7) is 4.13. The van der Waals surface area contributed by atoms with Crippen molar-refractivity contribution in [2.24, 2.45) is 5.73 Å². The van der Waals surface area contributed by atoms with Gasteiger partial charge in [0, 0.05) is 13.2 Å². The molecular formula is C14H23NO3. The van der Waals surface area contributed by atoms with E-state index in [1.807, 2.05) is 30.3 Å². The van der Waals surface area contributed by atoms with E-state index in [2.05, 4.69) is 6.92 Å². The summed E-state index contributed by atoms with van der Waals surface area (Å²) in [7, 11) is 0. The van der Waals surface area contributed by atoms with Gasteiger partial charge in [-0.1, -0.05) is 37.3 Å². The lowest BCUT2D eigenvalue weighted by atomic mass is 9.95. The summed E-state index contributed by atoms with van der Waals surface area (Å²) in [4.78, 5) is 0. The number of hydrogen-bond donors (Lipinski definition) is 2. The van der Waals surface area contributed by atoms with Crippen molar-refractivity contribution in [3.63, 3.8) is 0 Å². The van der Waals surface area contributed by atoms with Crippen LogP contribution in [-0.4, -0.2) is 38.1 Å². The van der Waals surface area contributed by atoms with Gasteiger partial charge >= 0.3 is 0 Å². The van der Waals surface area contributed by atoms with Crippen molar-refractivity contribution < 1.29 is 14.6 Å². The lowest BCUT2D eigenvalue weighted by Gasteiger charge is -2.26. The van der Waals surface area contributed by atoms with Gasteiger partial charge in [-0.2, -0.15) is 0 Å². The summed E-state index contributed by atoms with van der Waals surface area (Å²) < 4.78 is 10.7. The van der Waals surface area contributed by atoms with E-state index in [-0.39, 0.29) is 13.2 Å². The molecule has 0 spiro atoms. The molecule has 1 unspecified atom stereocenters. The fourth-order valence-corrected chi connectivity index (χ4v) is 1.61. The maximum atomic E-state index is 10.4. The van der Waals surface area contributed by atoms with Crippen LogP contribution in [0.15, 0.2) is 30.3 Å². The summed E-state index contributed by atoms with van der Waals surface area (Å²) in [6.07, 6.45) is 0.997. The van der Waals surface area contributed by atoms with Crippen molar-refractivity contribution in [2.75, 3.05) is 33.0 Å². The van der Waals surface area contributed by atoms with Gasteiger partial charge < -0.3 is 20.3 Å². The monoisotopic (exact) mass is 253 g/mol. The zero-order chi connectivity index (χ0) is 13.3. The van der Waals surface area contributed by atoms with Gasteiger partial charge in [0.05, 0.1) is 19.8 Å². The van der Waals surface area contributed by atoms with Crippen LogP contribution in [0.25, 0.3) is 0 Å². The van der Waals surface area contributed by atoms with E-state index in [0.29, 0.717) is 13.2 Å². The van der Waals surface area contributed by atoms with Gasteiger partial charge in [-0.25, -0.2) is 0 Å². The third kappa shape index (κ3) is 4.74. The van der Waals surface area contributed by atoms with E-state index >= 15 is 0 Å². The first kappa shape index (κ1) is 15.1. The normalized spacial score (nSPS) is 14.4. The third-order valence-corrected chi connectivity index (χ3v) is 2.71. The molecule has 1 rings (SSSR count). The molecule has 102 valence electrons. The SMILES string of the molecule is CCCOCCOCC(O)(CN)c1ccccc1. The first-order valence-electron chi connectivity index (χ1n) is 6.36. The number of benzene rings is 1. The van der Waals surface area contributed by atoms with E-state index in [9.17, 15) is 5.11 Å². The molecule has 1 atom stereocenters. The van der Waals surface area contributed by atoms with Crippen LogP contribution < -0.4 is 5.73 Å². The van der Waals surface area contributed by atoms with Crippen molar-refractivity contribution in [3.8, 4) is 0 Å². The predicted octanol–water partition coefficient (Wildman–Crippen LogP) is 1.28. The fraction of sp³-hybridized carbons (Fsp3) is 0.571. The summed E-state index contributed by atoms with van der Waals surface area (Å²) in [6, 6.07) is 9.36. The molecule has 0 saturated carbocycles. The molecule has 0 fully saturated rings. The van der Waals surface area contributed by atoms with Gasteiger partial charge in [0.25, 0.3) is 0 Å². The summed E-state index contributed by atoms with van der Waals surface area (Å²) in [5.41, 5.74) is 5.30. The highest BCUT2D eigenvalue weighted by Gasteiger charge is 2.27. The molecule has 3 N–H and O–H groups in total. The number of ether oxygens (including phenoxy) is 2. The second-order valence-corrected chi connectivity index (χ2v) is 4.27. The van der Waals surface area contributed by atoms with Gasteiger partial charge in [-0.3, -0.25) is 0 Å². The first-order chi connectivity index (χ1) is 8.73. The molecular weight excluding hydrogens is 230 g/mol. The van der Waals surface area contributed by atoms with E-state index in [1.165, 1.54) is 0 Å². The minimum atomic E-state index is -1.12. The maximum Gasteiger partial charge on any atom is 0.125 e. The Morgan fingerprint density at radius 3 is 2.39 bits per heavy atom. The van der Waals surface area contributed by atoms with Crippen LogP contribution in [-0.2, 0) is 15.1 Å². The summed E-state index contributed by atoms with van der Waals surface area (Å²) >= 11 is 0. The average molecular weight is 253 g/mol. The summed E-state index contributed by atoms with van der Waals surface area (Å²) in [5, 5.41) is 10.4. The van der Waals surface area contributed by atoms with Gasteiger partial charge in [0.2, 0.25) is 0 Å². The predicted molar refractivity (Wildman–Crippen MR) is 71.3 cm³/mol. The van der Waals surface area contributed by atoms with Gasteiger partial charge in [-0.15, -0.1) is 0 Å². The summed E-state index contributed by atoms with van der Waals surface area (Å²) in [5.74, 6) is 0. The van der Waals surface area contributed by atoms with Crippen LogP contribution >= 0.6 is 0 Å². The van der Waals surface area contributed by atoms with Crippen LogP contribution in [0, 0.1) is 0 Å². The Hall–Kier alpha value is -0.940. The molecule has 18 heavy (non-hydrogen) atoms. The van der Waals surface area contributed by atoms with E-state index in [0.717, 1.165) is 18.6 Å². The molecule has 4 nitrogen and oxygen atoms in total. The Labute approximate surface area is 109 Å². The van der Waals surface area contributed by atoms with Crippen molar-refractivity contribution in [1.29, 1.82) is 0 Å². The van der Waals surface area contributed by atoms with Crippen LogP contribution in [0.3, 0.4) is 0 Å². The van der Waals surface area contributed by atoms with Crippen molar-refractivity contribution in [3.05, 3.63) is 35.9 Å². The Morgan fingerprint density at radius 1 is 1.11 bits per heavy atom. The number of hydrogen-bond acceptors (Lipinski definition) is 4. The van der Waals surface area contributed by atoms with E-state index < -0.39 is 5.60 Å². The van der Waals surface area contributed by atoms with Crippen LogP contribution in [0.4, 0.5) is 0 Å². The molecule has 0 aliphatic rings. The quantitative estimate of drug-likeness (QED) is 0.651. The van der Waals surface area contributed by atoms with Crippen LogP contribution in [0.1, 0.15) is 18.9 Å². The molecule has 0 bridgehead atoms. The standard InChI is InChI=1S/C14H23NO3/c1-2-8-17-9-10-18-12-14(16,11-15)13-6-4-3-5-7-13/h3-7,16H,2,8-12,15H2,1H3. The molecule has 0 aliphatic heterocycles.